The molecule has 3 aromatic rings. The van der Waals surface area contributed by atoms with Crippen LogP contribution in [0.1, 0.15) is 15.9 Å². The molecule has 1 aromatic heterocycles. The molecule has 138 valence electrons. The third-order valence-electron chi connectivity index (χ3n) is 3.71. The highest BCUT2D eigenvalue weighted by Crippen LogP contribution is 2.36. The largest absolute Gasteiger partial charge is 0.417 e. The van der Waals surface area contributed by atoms with Gasteiger partial charge in [0.15, 0.2) is 0 Å². The van der Waals surface area contributed by atoms with Gasteiger partial charge in [-0.1, -0.05) is 35.3 Å². The van der Waals surface area contributed by atoms with Gasteiger partial charge in [-0.05, 0) is 42.5 Å². The van der Waals surface area contributed by atoms with Crippen molar-refractivity contribution < 1.29 is 18.0 Å². The SMILES string of the molecule is O=C(Nc1ccc(Cl)c(C(F)(F)F)c1)c1ccc(-c2ncccc2Cl)cc1. The lowest BCUT2D eigenvalue weighted by atomic mass is 10.1. The number of rotatable bonds is 3. The molecule has 0 aliphatic carbocycles. The van der Waals surface area contributed by atoms with E-state index in [-0.39, 0.29) is 11.3 Å². The average molecular weight is 411 g/mol. The third kappa shape index (κ3) is 4.40. The van der Waals surface area contributed by atoms with E-state index in [2.05, 4.69) is 10.3 Å². The minimum Gasteiger partial charge on any atom is -0.322 e. The van der Waals surface area contributed by atoms with Crippen LogP contribution in [-0.4, -0.2) is 10.9 Å². The molecule has 0 bridgehead atoms. The molecule has 0 spiro atoms. The number of carbonyl (C=O) groups excluding carboxylic acids is 1. The Hall–Kier alpha value is -2.57. The molecule has 0 aliphatic rings. The van der Waals surface area contributed by atoms with E-state index in [9.17, 15) is 18.0 Å². The van der Waals surface area contributed by atoms with E-state index in [1.807, 2.05) is 0 Å². The predicted molar refractivity (Wildman–Crippen MR) is 99.1 cm³/mol. The Kier molecular flexibility index (Phi) is 5.39. The highest BCUT2D eigenvalue weighted by molar-refractivity contribution is 6.33. The lowest BCUT2D eigenvalue weighted by Crippen LogP contribution is -2.13. The Morgan fingerprint density at radius 1 is 0.963 bits per heavy atom. The number of aromatic nitrogens is 1. The van der Waals surface area contributed by atoms with Crippen LogP contribution in [0.25, 0.3) is 11.3 Å². The van der Waals surface area contributed by atoms with Crippen molar-refractivity contribution in [1.82, 2.24) is 4.98 Å². The Morgan fingerprint density at radius 3 is 2.30 bits per heavy atom. The maximum atomic E-state index is 12.9. The van der Waals surface area contributed by atoms with Crippen LogP contribution in [-0.2, 0) is 6.18 Å². The maximum Gasteiger partial charge on any atom is 0.417 e. The van der Waals surface area contributed by atoms with Crippen LogP contribution < -0.4 is 5.32 Å². The standard InChI is InChI=1S/C19H11Cl2F3N2O/c20-15-8-7-13(10-14(15)19(22,23)24)26-18(27)12-5-3-11(4-6-12)17-16(21)2-1-9-25-17/h1-10H,(H,26,27). The van der Waals surface area contributed by atoms with Gasteiger partial charge in [0.1, 0.15) is 0 Å². The molecule has 0 saturated heterocycles. The number of alkyl halides is 3. The first kappa shape index (κ1) is 19.2. The minimum atomic E-state index is -4.61. The van der Waals surface area contributed by atoms with Crippen molar-refractivity contribution >= 4 is 34.8 Å². The average Bonchev–Trinajstić information content (AvgIpc) is 2.63. The normalized spacial score (nSPS) is 11.3. The molecule has 3 rings (SSSR count). The molecular weight excluding hydrogens is 400 g/mol. The molecule has 1 amide bonds. The molecule has 0 unspecified atom stereocenters. The van der Waals surface area contributed by atoms with E-state index in [1.54, 1.807) is 30.5 Å². The van der Waals surface area contributed by atoms with E-state index < -0.39 is 22.7 Å². The van der Waals surface area contributed by atoms with Gasteiger partial charge in [-0.15, -0.1) is 0 Å². The van der Waals surface area contributed by atoms with Crippen molar-refractivity contribution in [3.63, 3.8) is 0 Å². The zero-order valence-electron chi connectivity index (χ0n) is 13.5. The number of hydrogen-bond acceptors (Lipinski definition) is 2. The number of nitrogens with one attached hydrogen (secondary N) is 1. The van der Waals surface area contributed by atoms with Gasteiger partial charge < -0.3 is 5.32 Å². The molecular formula is C19H11Cl2F3N2O. The Labute approximate surface area is 162 Å². The van der Waals surface area contributed by atoms with Crippen LogP contribution >= 0.6 is 23.2 Å². The maximum absolute atomic E-state index is 12.9. The van der Waals surface area contributed by atoms with E-state index in [4.69, 9.17) is 23.2 Å². The second-order valence-corrected chi connectivity index (χ2v) is 6.37. The van der Waals surface area contributed by atoms with Crippen molar-refractivity contribution in [3.05, 3.63) is 82.0 Å². The molecule has 1 N–H and O–H groups in total. The quantitative estimate of drug-likeness (QED) is 0.548. The molecule has 0 fully saturated rings. The fourth-order valence-corrected chi connectivity index (χ4v) is 2.86. The molecule has 0 radical (unpaired) electrons. The minimum absolute atomic E-state index is 0.00595. The van der Waals surface area contributed by atoms with Gasteiger partial charge in [0.25, 0.3) is 5.91 Å². The predicted octanol–water partition coefficient (Wildman–Crippen LogP) is 6.33. The molecule has 0 aliphatic heterocycles. The zero-order chi connectivity index (χ0) is 19.6. The number of hydrogen-bond donors (Lipinski definition) is 1. The highest BCUT2D eigenvalue weighted by Gasteiger charge is 2.33. The summed E-state index contributed by atoms with van der Waals surface area (Å²) in [6, 6.07) is 13.0. The van der Waals surface area contributed by atoms with Crippen LogP contribution in [0.15, 0.2) is 60.8 Å². The van der Waals surface area contributed by atoms with Crippen molar-refractivity contribution in [3.8, 4) is 11.3 Å². The number of nitrogens with zero attached hydrogens (tertiary/aromatic N) is 1. The lowest BCUT2D eigenvalue weighted by molar-refractivity contribution is -0.137. The molecule has 1 heterocycles. The van der Waals surface area contributed by atoms with Crippen molar-refractivity contribution in [2.75, 3.05) is 5.32 Å². The number of amides is 1. The van der Waals surface area contributed by atoms with Crippen molar-refractivity contribution in [2.45, 2.75) is 6.18 Å². The summed E-state index contributed by atoms with van der Waals surface area (Å²) in [5.41, 5.74) is 0.534. The Balaban J connectivity index is 1.80. The number of anilines is 1. The summed E-state index contributed by atoms with van der Waals surface area (Å²) in [7, 11) is 0. The van der Waals surface area contributed by atoms with E-state index in [0.717, 1.165) is 12.1 Å². The number of benzene rings is 2. The summed E-state index contributed by atoms with van der Waals surface area (Å²) in [6.07, 6.45) is -3.01. The van der Waals surface area contributed by atoms with Gasteiger partial charge in [-0.2, -0.15) is 13.2 Å². The fraction of sp³-hybridized carbons (Fsp3) is 0.0526. The van der Waals surface area contributed by atoms with E-state index in [1.165, 1.54) is 18.2 Å². The highest BCUT2D eigenvalue weighted by atomic mass is 35.5. The number of pyridine rings is 1. The summed E-state index contributed by atoms with van der Waals surface area (Å²) < 4.78 is 38.7. The first-order chi connectivity index (χ1) is 12.8. The van der Waals surface area contributed by atoms with Gasteiger partial charge in [-0.3, -0.25) is 9.78 Å². The Bertz CT molecular complexity index is 989. The monoisotopic (exact) mass is 410 g/mol. The molecule has 0 saturated carbocycles. The molecule has 3 nitrogen and oxygen atoms in total. The van der Waals surface area contributed by atoms with Crippen LogP contribution in [0.5, 0.6) is 0 Å². The summed E-state index contributed by atoms with van der Waals surface area (Å²) >= 11 is 11.7. The van der Waals surface area contributed by atoms with E-state index in [0.29, 0.717) is 16.3 Å². The second-order valence-electron chi connectivity index (χ2n) is 5.56. The summed E-state index contributed by atoms with van der Waals surface area (Å²) in [4.78, 5) is 16.5. The van der Waals surface area contributed by atoms with Gasteiger partial charge in [-0.25, -0.2) is 0 Å². The van der Waals surface area contributed by atoms with Crippen LogP contribution in [0.2, 0.25) is 10.0 Å². The summed E-state index contributed by atoms with van der Waals surface area (Å²) in [6.45, 7) is 0. The first-order valence-corrected chi connectivity index (χ1v) is 8.40. The zero-order valence-corrected chi connectivity index (χ0v) is 15.0. The molecule has 0 atom stereocenters. The fourth-order valence-electron chi connectivity index (χ4n) is 2.40. The van der Waals surface area contributed by atoms with Crippen molar-refractivity contribution in [2.24, 2.45) is 0 Å². The number of halogens is 5. The first-order valence-electron chi connectivity index (χ1n) is 7.65. The summed E-state index contributed by atoms with van der Waals surface area (Å²) in [5, 5.41) is 2.46. The Morgan fingerprint density at radius 2 is 1.67 bits per heavy atom. The summed E-state index contributed by atoms with van der Waals surface area (Å²) in [5.74, 6) is -0.552. The topological polar surface area (TPSA) is 42.0 Å². The van der Waals surface area contributed by atoms with Crippen LogP contribution in [0.3, 0.4) is 0 Å². The molecule has 2 aromatic carbocycles. The van der Waals surface area contributed by atoms with Gasteiger partial charge in [0, 0.05) is 23.0 Å². The van der Waals surface area contributed by atoms with Crippen molar-refractivity contribution in [1.29, 1.82) is 0 Å². The van der Waals surface area contributed by atoms with E-state index >= 15 is 0 Å². The van der Waals surface area contributed by atoms with Gasteiger partial charge in [0.2, 0.25) is 0 Å². The second kappa shape index (κ2) is 7.58. The molecule has 27 heavy (non-hydrogen) atoms. The smallest absolute Gasteiger partial charge is 0.322 e. The van der Waals surface area contributed by atoms with Crippen LogP contribution in [0, 0.1) is 0 Å². The lowest BCUT2D eigenvalue weighted by Gasteiger charge is -2.12. The van der Waals surface area contributed by atoms with Gasteiger partial charge in [0.05, 0.1) is 21.3 Å². The van der Waals surface area contributed by atoms with Crippen LogP contribution in [0.4, 0.5) is 18.9 Å². The third-order valence-corrected chi connectivity index (χ3v) is 4.34. The molecule has 8 heteroatoms. The van der Waals surface area contributed by atoms with Gasteiger partial charge >= 0.3 is 6.18 Å². The number of carbonyl (C=O) groups is 1.